The summed E-state index contributed by atoms with van der Waals surface area (Å²) in [5.41, 5.74) is -9.52. The SMILES string of the molecule is Cc1cc(C(F)(C(F)(F)F)C(F)(F)F)cc(P(F)F)c1NC(=O)c1cccc(N(C)C(=O)c2ccc(F)cc2)c1. The van der Waals surface area contributed by atoms with Gasteiger partial charge in [-0.15, -0.1) is 0 Å². The van der Waals surface area contributed by atoms with Gasteiger partial charge in [-0.1, -0.05) is 12.1 Å². The summed E-state index contributed by atoms with van der Waals surface area (Å²) in [4.78, 5) is 26.6. The Kier molecular flexibility index (Phi) is 8.54. The van der Waals surface area contributed by atoms with Crippen molar-refractivity contribution in [3.8, 4) is 0 Å². The summed E-state index contributed by atoms with van der Waals surface area (Å²) in [6.45, 7) is 0.834. The molecule has 0 aliphatic carbocycles. The molecule has 0 aromatic heterocycles. The molecule has 0 saturated carbocycles. The van der Waals surface area contributed by atoms with Gasteiger partial charge in [-0.2, -0.15) is 34.7 Å². The van der Waals surface area contributed by atoms with Gasteiger partial charge in [-0.25, -0.2) is 8.78 Å². The summed E-state index contributed by atoms with van der Waals surface area (Å²) < 4.78 is 134. The Morgan fingerprint density at radius 2 is 1.40 bits per heavy atom. The van der Waals surface area contributed by atoms with E-state index in [9.17, 15) is 53.1 Å². The summed E-state index contributed by atoms with van der Waals surface area (Å²) in [6, 6.07) is 9.44. The fourth-order valence-corrected chi connectivity index (χ4v) is 4.33. The standard InChI is InChI=1S/C25H17F10N2O2P/c1-13-10-16(23(27,24(28,29)30)25(31,32)33)12-19(40(34)35)20(13)36-21(38)15-4-3-5-18(11-15)37(2)22(39)14-6-8-17(26)9-7-14/h3-12H,1-2H3,(H,36,38). The molecule has 0 unspecified atom stereocenters. The molecule has 0 aliphatic heterocycles. The molecule has 3 rings (SSSR count). The molecule has 0 bridgehead atoms. The number of amides is 2. The van der Waals surface area contributed by atoms with Gasteiger partial charge in [-0.3, -0.25) is 9.59 Å². The van der Waals surface area contributed by atoms with Crippen molar-refractivity contribution in [1.82, 2.24) is 0 Å². The Balaban J connectivity index is 1.98. The van der Waals surface area contributed by atoms with Gasteiger partial charge in [0.1, 0.15) is 5.82 Å². The first-order valence-electron chi connectivity index (χ1n) is 10.9. The van der Waals surface area contributed by atoms with Gasteiger partial charge >= 0.3 is 18.0 Å². The van der Waals surface area contributed by atoms with Crippen LogP contribution in [0.5, 0.6) is 0 Å². The number of hydrogen-bond donors (Lipinski definition) is 1. The van der Waals surface area contributed by atoms with Crippen LogP contribution in [0.1, 0.15) is 31.8 Å². The van der Waals surface area contributed by atoms with Crippen molar-refractivity contribution in [3.63, 3.8) is 0 Å². The average Bonchev–Trinajstić information content (AvgIpc) is 2.87. The third-order valence-corrected chi connectivity index (χ3v) is 6.52. The number of anilines is 2. The molecule has 0 spiro atoms. The normalized spacial score (nSPS) is 12.4. The van der Waals surface area contributed by atoms with Crippen LogP contribution in [0, 0.1) is 12.7 Å². The number of benzene rings is 3. The highest BCUT2D eigenvalue weighted by Crippen LogP contribution is 2.54. The molecule has 2 amide bonds. The molecule has 3 aromatic rings. The van der Waals surface area contributed by atoms with Crippen molar-refractivity contribution in [1.29, 1.82) is 0 Å². The Morgan fingerprint density at radius 3 is 1.93 bits per heavy atom. The van der Waals surface area contributed by atoms with E-state index in [4.69, 9.17) is 0 Å². The zero-order valence-electron chi connectivity index (χ0n) is 20.3. The fourth-order valence-electron chi connectivity index (χ4n) is 3.70. The largest absolute Gasteiger partial charge is 0.435 e. The Morgan fingerprint density at radius 1 is 0.825 bits per heavy atom. The van der Waals surface area contributed by atoms with Gasteiger partial charge in [0, 0.05) is 29.4 Å². The highest BCUT2D eigenvalue weighted by atomic mass is 31.2. The second-order valence-electron chi connectivity index (χ2n) is 8.45. The van der Waals surface area contributed by atoms with Gasteiger partial charge in [0.25, 0.3) is 20.4 Å². The van der Waals surface area contributed by atoms with E-state index in [1.807, 2.05) is 5.32 Å². The molecule has 3 aromatic carbocycles. The second-order valence-corrected chi connectivity index (χ2v) is 9.40. The smallest absolute Gasteiger partial charge is 0.321 e. The lowest BCUT2D eigenvalue weighted by Gasteiger charge is -2.31. The van der Waals surface area contributed by atoms with Crippen molar-refractivity contribution in [2.75, 3.05) is 17.3 Å². The molecule has 4 nitrogen and oxygen atoms in total. The number of nitrogens with one attached hydrogen (secondary N) is 1. The molecular formula is C25H17F10N2O2P. The first-order chi connectivity index (χ1) is 18.4. The van der Waals surface area contributed by atoms with Crippen LogP contribution in [-0.2, 0) is 5.67 Å². The quantitative estimate of drug-likeness (QED) is 0.232. The maximum Gasteiger partial charge on any atom is 0.435 e. The van der Waals surface area contributed by atoms with Crippen LogP contribution in [0.25, 0.3) is 0 Å². The minimum absolute atomic E-state index is 0.0878. The van der Waals surface area contributed by atoms with Crippen molar-refractivity contribution in [2.24, 2.45) is 0 Å². The number of halogens is 10. The minimum atomic E-state index is -6.52. The van der Waals surface area contributed by atoms with Gasteiger partial charge in [0.05, 0.1) is 11.0 Å². The maximum absolute atomic E-state index is 14.5. The first kappa shape index (κ1) is 30.9. The molecule has 0 heterocycles. The number of hydrogen-bond acceptors (Lipinski definition) is 2. The maximum atomic E-state index is 14.5. The summed E-state index contributed by atoms with van der Waals surface area (Å²) in [5, 5.41) is 0.624. The molecule has 0 atom stereocenters. The summed E-state index contributed by atoms with van der Waals surface area (Å²) >= 11 is 0. The van der Waals surface area contributed by atoms with Crippen molar-refractivity contribution >= 4 is 37.0 Å². The third kappa shape index (κ3) is 5.91. The zero-order valence-corrected chi connectivity index (χ0v) is 21.2. The molecule has 0 radical (unpaired) electrons. The lowest BCUT2D eigenvalue weighted by molar-refractivity contribution is -0.348. The molecule has 15 heteroatoms. The highest BCUT2D eigenvalue weighted by Gasteiger charge is 2.73. The van der Waals surface area contributed by atoms with Gasteiger partial charge in [0.2, 0.25) is 0 Å². The van der Waals surface area contributed by atoms with Crippen molar-refractivity contribution < 1.29 is 53.1 Å². The number of alkyl halides is 7. The molecule has 1 N–H and O–H groups in total. The molecule has 214 valence electrons. The summed E-state index contributed by atoms with van der Waals surface area (Å²) in [6.07, 6.45) is -13.0. The van der Waals surface area contributed by atoms with Crippen molar-refractivity contribution in [2.45, 2.75) is 24.9 Å². The predicted molar refractivity (Wildman–Crippen MR) is 128 cm³/mol. The number of nitrogens with zero attached hydrogens (tertiary/aromatic N) is 1. The molecule has 40 heavy (non-hydrogen) atoms. The van der Waals surface area contributed by atoms with Crippen molar-refractivity contribution in [3.05, 3.63) is 88.7 Å². The third-order valence-electron chi connectivity index (χ3n) is 5.81. The predicted octanol–water partition coefficient (Wildman–Crippen LogP) is 7.83. The van der Waals surface area contributed by atoms with Gasteiger partial charge < -0.3 is 10.2 Å². The van der Waals surface area contributed by atoms with E-state index < -0.39 is 66.3 Å². The summed E-state index contributed by atoms with van der Waals surface area (Å²) in [5.74, 6) is -2.28. The topological polar surface area (TPSA) is 49.4 Å². The van der Waals surface area contributed by atoms with E-state index in [-0.39, 0.29) is 28.9 Å². The van der Waals surface area contributed by atoms with Crippen LogP contribution < -0.4 is 15.5 Å². The Hall–Kier alpha value is -3.67. The average molecular weight is 598 g/mol. The molecular weight excluding hydrogens is 581 g/mol. The monoisotopic (exact) mass is 598 g/mol. The minimum Gasteiger partial charge on any atom is -0.321 e. The lowest BCUT2D eigenvalue weighted by Crippen LogP contribution is -2.50. The second kappa shape index (κ2) is 11.1. The summed E-state index contributed by atoms with van der Waals surface area (Å²) in [7, 11) is -3.09. The van der Waals surface area contributed by atoms with E-state index in [1.165, 1.54) is 37.4 Å². The number of aryl methyl sites for hydroxylation is 1. The number of carbonyl (C=O) groups is 2. The lowest BCUT2D eigenvalue weighted by atomic mass is 9.92. The van der Waals surface area contributed by atoms with E-state index >= 15 is 0 Å². The van der Waals surface area contributed by atoms with Gasteiger partial charge in [0.15, 0.2) is 0 Å². The zero-order chi connectivity index (χ0) is 30.2. The van der Waals surface area contributed by atoms with Crippen LogP contribution in [0.15, 0.2) is 60.7 Å². The fraction of sp³-hybridized carbons (Fsp3) is 0.200. The Bertz CT molecular complexity index is 1410. The van der Waals surface area contributed by atoms with Crippen LogP contribution in [-0.4, -0.2) is 31.2 Å². The van der Waals surface area contributed by atoms with E-state index in [2.05, 4.69) is 0 Å². The molecule has 0 fully saturated rings. The Labute approximate surface area is 221 Å². The number of rotatable bonds is 6. The van der Waals surface area contributed by atoms with E-state index in [1.54, 1.807) is 0 Å². The number of carbonyl (C=O) groups excluding carboxylic acids is 2. The molecule has 0 aliphatic rings. The first-order valence-corrected chi connectivity index (χ1v) is 12.0. The van der Waals surface area contributed by atoms with Gasteiger partial charge in [-0.05, 0) is 61.0 Å². The van der Waals surface area contributed by atoms with Crippen LogP contribution in [0.3, 0.4) is 0 Å². The van der Waals surface area contributed by atoms with Crippen LogP contribution in [0.2, 0.25) is 0 Å². The van der Waals surface area contributed by atoms with Crippen LogP contribution >= 0.6 is 8.54 Å². The van der Waals surface area contributed by atoms with Crippen LogP contribution in [0.4, 0.5) is 54.9 Å². The van der Waals surface area contributed by atoms with E-state index in [0.29, 0.717) is 0 Å². The van der Waals surface area contributed by atoms with E-state index in [0.717, 1.165) is 30.0 Å². The molecule has 0 saturated heterocycles. The highest BCUT2D eigenvalue weighted by molar-refractivity contribution is 7.55.